The highest BCUT2D eigenvalue weighted by Crippen LogP contribution is 2.27. The molecule has 0 spiro atoms. The van der Waals surface area contributed by atoms with E-state index in [9.17, 15) is 4.79 Å². The Kier molecular flexibility index (Phi) is 5.13. The molecule has 0 bridgehead atoms. The number of benzene rings is 1. The van der Waals surface area contributed by atoms with Crippen molar-refractivity contribution in [2.75, 3.05) is 7.05 Å². The molecule has 3 heterocycles. The van der Waals surface area contributed by atoms with Gasteiger partial charge in [-0.05, 0) is 19.5 Å². The van der Waals surface area contributed by atoms with E-state index in [0.29, 0.717) is 5.82 Å². The van der Waals surface area contributed by atoms with Crippen LogP contribution in [0.2, 0.25) is 0 Å². The molecule has 0 aliphatic carbocycles. The standard InChI is InChI=1S/C20H23N5OS/c1-3-25-9-8-21-18(25)11-24(2)10-14-4-6-15(7-5-14)19-22-17-13-27-12-16(17)20(26)23-19/h4-9H,3,10-13H2,1-2H3,(H,22,23,26). The SMILES string of the molecule is CCn1ccnc1CN(C)Cc1ccc(-c2nc3c(c(=O)[nH]2)CSC3)cc1. The van der Waals surface area contributed by atoms with Gasteiger partial charge in [0.15, 0.2) is 0 Å². The summed E-state index contributed by atoms with van der Waals surface area (Å²) in [5, 5.41) is 0. The number of nitrogens with zero attached hydrogens (tertiary/aromatic N) is 4. The van der Waals surface area contributed by atoms with Gasteiger partial charge >= 0.3 is 0 Å². The van der Waals surface area contributed by atoms with Gasteiger partial charge < -0.3 is 9.55 Å². The molecule has 140 valence electrons. The average Bonchev–Trinajstić information content (AvgIpc) is 3.31. The van der Waals surface area contributed by atoms with E-state index in [0.717, 1.165) is 53.8 Å². The highest BCUT2D eigenvalue weighted by molar-refractivity contribution is 7.98. The van der Waals surface area contributed by atoms with E-state index in [-0.39, 0.29) is 5.56 Å². The summed E-state index contributed by atoms with van der Waals surface area (Å²) in [6.45, 7) is 4.70. The summed E-state index contributed by atoms with van der Waals surface area (Å²) >= 11 is 1.74. The van der Waals surface area contributed by atoms with Crippen molar-refractivity contribution in [1.29, 1.82) is 0 Å². The first-order valence-corrected chi connectivity index (χ1v) is 10.3. The summed E-state index contributed by atoms with van der Waals surface area (Å²) in [6, 6.07) is 8.26. The van der Waals surface area contributed by atoms with Crippen LogP contribution in [0.4, 0.5) is 0 Å². The third-order valence-electron chi connectivity index (χ3n) is 4.82. The van der Waals surface area contributed by atoms with E-state index in [1.54, 1.807) is 11.8 Å². The molecule has 7 heteroatoms. The van der Waals surface area contributed by atoms with Crippen LogP contribution >= 0.6 is 11.8 Å². The number of thioether (sulfide) groups is 1. The number of rotatable bonds is 6. The second kappa shape index (κ2) is 7.70. The maximum Gasteiger partial charge on any atom is 0.255 e. The molecule has 0 fully saturated rings. The van der Waals surface area contributed by atoms with E-state index >= 15 is 0 Å². The Morgan fingerprint density at radius 3 is 2.81 bits per heavy atom. The lowest BCUT2D eigenvalue weighted by Crippen LogP contribution is -2.20. The first-order chi connectivity index (χ1) is 13.1. The lowest BCUT2D eigenvalue weighted by molar-refractivity contribution is 0.305. The Morgan fingerprint density at radius 2 is 2.04 bits per heavy atom. The van der Waals surface area contributed by atoms with Gasteiger partial charge in [-0.3, -0.25) is 9.69 Å². The number of nitrogens with one attached hydrogen (secondary N) is 1. The number of hydrogen-bond acceptors (Lipinski definition) is 5. The number of fused-ring (bicyclic) bond motifs is 1. The molecule has 0 saturated carbocycles. The highest BCUT2D eigenvalue weighted by Gasteiger charge is 2.18. The summed E-state index contributed by atoms with van der Waals surface area (Å²) in [4.78, 5) is 26.5. The number of imidazole rings is 1. The molecule has 0 unspecified atom stereocenters. The van der Waals surface area contributed by atoms with E-state index in [4.69, 9.17) is 0 Å². The first-order valence-electron chi connectivity index (χ1n) is 9.11. The van der Waals surface area contributed by atoms with Gasteiger partial charge in [0.1, 0.15) is 11.6 Å². The number of aromatic nitrogens is 4. The zero-order chi connectivity index (χ0) is 18.8. The molecule has 0 amide bonds. The minimum absolute atomic E-state index is 0.00441. The lowest BCUT2D eigenvalue weighted by Gasteiger charge is -2.17. The van der Waals surface area contributed by atoms with Crippen molar-refractivity contribution in [2.45, 2.75) is 38.1 Å². The van der Waals surface area contributed by atoms with Gasteiger partial charge in [-0.25, -0.2) is 9.97 Å². The third kappa shape index (κ3) is 3.84. The van der Waals surface area contributed by atoms with E-state index in [1.165, 1.54) is 5.56 Å². The Bertz CT molecular complexity index is 992. The van der Waals surface area contributed by atoms with Crippen molar-refractivity contribution >= 4 is 11.8 Å². The Morgan fingerprint density at radius 1 is 1.22 bits per heavy atom. The molecule has 27 heavy (non-hydrogen) atoms. The lowest BCUT2D eigenvalue weighted by atomic mass is 10.1. The second-order valence-electron chi connectivity index (χ2n) is 6.83. The predicted molar refractivity (Wildman–Crippen MR) is 108 cm³/mol. The molecule has 0 saturated heterocycles. The minimum Gasteiger partial charge on any atom is -0.334 e. The van der Waals surface area contributed by atoms with Crippen LogP contribution in [-0.4, -0.2) is 31.5 Å². The van der Waals surface area contributed by atoms with Crippen LogP contribution in [0.5, 0.6) is 0 Å². The second-order valence-corrected chi connectivity index (χ2v) is 7.82. The van der Waals surface area contributed by atoms with Crippen molar-refractivity contribution in [2.24, 2.45) is 0 Å². The summed E-state index contributed by atoms with van der Waals surface area (Å²) in [7, 11) is 2.10. The van der Waals surface area contributed by atoms with Crippen molar-refractivity contribution < 1.29 is 0 Å². The predicted octanol–water partition coefficient (Wildman–Crippen LogP) is 3.03. The molecular weight excluding hydrogens is 358 g/mol. The van der Waals surface area contributed by atoms with Crippen molar-refractivity contribution in [1.82, 2.24) is 24.4 Å². The zero-order valence-corrected chi connectivity index (χ0v) is 16.4. The summed E-state index contributed by atoms with van der Waals surface area (Å²) in [5.74, 6) is 3.32. The fourth-order valence-corrected chi connectivity index (χ4v) is 4.39. The summed E-state index contributed by atoms with van der Waals surface area (Å²) < 4.78 is 2.16. The molecule has 4 rings (SSSR count). The molecule has 2 aromatic heterocycles. The Labute approximate surface area is 162 Å². The maximum absolute atomic E-state index is 12.2. The molecule has 0 radical (unpaired) electrons. The topological polar surface area (TPSA) is 66.8 Å². The quantitative estimate of drug-likeness (QED) is 0.711. The molecule has 3 aromatic rings. The third-order valence-corrected chi connectivity index (χ3v) is 5.79. The number of H-pyrrole nitrogens is 1. The van der Waals surface area contributed by atoms with Crippen molar-refractivity contribution in [3.63, 3.8) is 0 Å². The molecule has 1 aliphatic heterocycles. The molecular formula is C20H23N5OS. The molecule has 1 N–H and O–H groups in total. The normalized spacial score (nSPS) is 13.3. The first kappa shape index (κ1) is 18.0. The van der Waals surface area contributed by atoms with Crippen LogP contribution in [0.15, 0.2) is 41.5 Å². The van der Waals surface area contributed by atoms with Crippen LogP contribution in [0.1, 0.15) is 29.6 Å². The molecule has 6 nitrogen and oxygen atoms in total. The number of aromatic amines is 1. The van der Waals surface area contributed by atoms with Crippen molar-refractivity contribution in [3.05, 3.63) is 69.7 Å². The molecule has 0 atom stereocenters. The van der Waals surface area contributed by atoms with Crippen LogP contribution in [0.3, 0.4) is 0 Å². The largest absolute Gasteiger partial charge is 0.334 e. The Balaban J connectivity index is 1.46. The van der Waals surface area contributed by atoms with Gasteiger partial charge in [0.05, 0.1) is 12.2 Å². The Hall–Kier alpha value is -2.38. The van der Waals surface area contributed by atoms with Gasteiger partial charge in [0, 0.05) is 48.1 Å². The van der Waals surface area contributed by atoms with Gasteiger partial charge in [-0.2, -0.15) is 11.8 Å². The van der Waals surface area contributed by atoms with Crippen LogP contribution in [0, 0.1) is 0 Å². The highest BCUT2D eigenvalue weighted by atomic mass is 32.2. The average molecular weight is 382 g/mol. The van der Waals surface area contributed by atoms with E-state index < -0.39 is 0 Å². The van der Waals surface area contributed by atoms with E-state index in [2.05, 4.69) is 50.5 Å². The smallest absolute Gasteiger partial charge is 0.255 e. The summed E-state index contributed by atoms with van der Waals surface area (Å²) in [6.07, 6.45) is 3.87. The van der Waals surface area contributed by atoms with Gasteiger partial charge in [-0.1, -0.05) is 24.3 Å². The number of hydrogen-bond donors (Lipinski definition) is 1. The maximum atomic E-state index is 12.2. The zero-order valence-electron chi connectivity index (χ0n) is 15.6. The number of aryl methyl sites for hydroxylation is 1. The van der Waals surface area contributed by atoms with Crippen molar-refractivity contribution in [3.8, 4) is 11.4 Å². The molecule has 1 aliphatic rings. The van der Waals surface area contributed by atoms with Crippen LogP contribution in [-0.2, 0) is 31.1 Å². The van der Waals surface area contributed by atoms with Crippen LogP contribution in [0.25, 0.3) is 11.4 Å². The van der Waals surface area contributed by atoms with E-state index in [1.807, 2.05) is 24.5 Å². The fraction of sp³-hybridized carbons (Fsp3) is 0.350. The van der Waals surface area contributed by atoms with Crippen LogP contribution < -0.4 is 5.56 Å². The summed E-state index contributed by atoms with van der Waals surface area (Å²) in [5.41, 5.74) is 3.91. The van der Waals surface area contributed by atoms with Gasteiger partial charge in [0.2, 0.25) is 0 Å². The van der Waals surface area contributed by atoms with Gasteiger partial charge in [-0.15, -0.1) is 0 Å². The van der Waals surface area contributed by atoms with Gasteiger partial charge in [0.25, 0.3) is 5.56 Å². The fourth-order valence-electron chi connectivity index (χ4n) is 3.36. The minimum atomic E-state index is -0.00441. The monoisotopic (exact) mass is 381 g/mol. The molecule has 1 aromatic carbocycles.